The molecule has 130 valence electrons. The van der Waals surface area contributed by atoms with Crippen molar-refractivity contribution < 1.29 is 52.1 Å². The highest BCUT2D eigenvalue weighted by Gasteiger charge is 2.85. The van der Waals surface area contributed by atoms with Crippen LogP contribution in [0.1, 0.15) is 6.42 Å². The Kier molecular flexibility index (Phi) is 4.83. The number of thioether (sulfide) groups is 1. The summed E-state index contributed by atoms with van der Waals surface area (Å²) in [6.45, 7) is 0. The molecule has 0 fully saturated rings. The van der Waals surface area contributed by atoms with Crippen molar-refractivity contribution in [3.63, 3.8) is 0 Å². The van der Waals surface area contributed by atoms with Gasteiger partial charge in [0.2, 0.25) is 0 Å². The summed E-state index contributed by atoms with van der Waals surface area (Å²) in [5, 5.41) is -5.66. The van der Waals surface area contributed by atoms with Gasteiger partial charge < -0.3 is 0 Å². The van der Waals surface area contributed by atoms with E-state index in [9.17, 15) is 47.9 Å². The zero-order chi connectivity index (χ0) is 17.6. The summed E-state index contributed by atoms with van der Waals surface area (Å²) in [6.07, 6.45) is -6.26. The van der Waals surface area contributed by atoms with Gasteiger partial charge in [-0.15, -0.1) is 11.8 Å². The number of alkyl halides is 9. The lowest BCUT2D eigenvalue weighted by molar-refractivity contribution is -0.382. The van der Waals surface area contributed by atoms with Crippen LogP contribution in [0.4, 0.5) is 39.5 Å². The van der Waals surface area contributed by atoms with E-state index >= 15 is 0 Å². The maximum atomic E-state index is 13.2. The fourth-order valence-electron chi connectivity index (χ4n) is 1.15. The van der Waals surface area contributed by atoms with Crippen LogP contribution in [0.3, 0.4) is 0 Å². The summed E-state index contributed by atoms with van der Waals surface area (Å²) in [5.41, 5.74) is -1.66. The average Bonchev–Trinajstić information content (AvgIpc) is 2.78. The second-order valence-corrected chi connectivity index (χ2v) is 6.57. The average molecular weight is 384 g/mol. The first kappa shape index (κ1) is 19.4. The lowest BCUT2D eigenvalue weighted by Gasteiger charge is -2.32. The van der Waals surface area contributed by atoms with E-state index in [2.05, 4.69) is 4.18 Å². The van der Waals surface area contributed by atoms with Gasteiger partial charge >= 0.3 is 33.4 Å². The molecule has 0 aromatic heterocycles. The molecule has 0 bridgehead atoms. The standard InChI is InChI=1S/C8H5F9O3S2/c9-5(10,7(13,14)15)6(11,12)8(16,17)22(18,19)20-4-2-1-3-21-4/h1,3-4H,2H2. The van der Waals surface area contributed by atoms with Crippen LogP contribution in [0.25, 0.3) is 0 Å². The zero-order valence-corrected chi connectivity index (χ0v) is 11.5. The largest absolute Gasteiger partial charge is 0.460 e. The van der Waals surface area contributed by atoms with E-state index in [1.807, 2.05) is 0 Å². The van der Waals surface area contributed by atoms with Gasteiger partial charge in [0, 0.05) is 6.42 Å². The van der Waals surface area contributed by atoms with Crippen LogP contribution >= 0.6 is 11.8 Å². The van der Waals surface area contributed by atoms with E-state index in [1.54, 1.807) is 0 Å². The third kappa shape index (κ3) is 2.91. The lowest BCUT2D eigenvalue weighted by Crippen LogP contribution is -2.63. The van der Waals surface area contributed by atoms with Crippen LogP contribution in [0, 0.1) is 0 Å². The Labute approximate surface area is 121 Å². The van der Waals surface area contributed by atoms with Crippen LogP contribution in [0.5, 0.6) is 0 Å². The third-order valence-electron chi connectivity index (χ3n) is 2.32. The van der Waals surface area contributed by atoms with E-state index in [4.69, 9.17) is 0 Å². The van der Waals surface area contributed by atoms with Gasteiger partial charge in [-0.2, -0.15) is 47.9 Å². The van der Waals surface area contributed by atoms with Crippen molar-refractivity contribution in [1.29, 1.82) is 0 Å². The first-order valence-electron chi connectivity index (χ1n) is 5.01. The molecule has 1 aliphatic rings. The molecule has 0 N–H and O–H groups in total. The van der Waals surface area contributed by atoms with Crippen LogP contribution in [0.2, 0.25) is 0 Å². The molecule has 0 spiro atoms. The highest BCUT2D eigenvalue weighted by molar-refractivity contribution is 8.03. The quantitative estimate of drug-likeness (QED) is 0.535. The molecule has 22 heavy (non-hydrogen) atoms. The van der Waals surface area contributed by atoms with Crippen molar-refractivity contribution in [2.24, 2.45) is 0 Å². The number of halogens is 9. The Balaban J connectivity index is 3.19. The van der Waals surface area contributed by atoms with Crippen molar-refractivity contribution in [1.82, 2.24) is 0 Å². The summed E-state index contributed by atoms with van der Waals surface area (Å²) in [4.78, 5) is 0. The normalized spacial score (nSPS) is 21.4. The molecule has 1 heterocycles. The zero-order valence-electron chi connectivity index (χ0n) is 9.88. The Morgan fingerprint density at radius 3 is 1.82 bits per heavy atom. The van der Waals surface area contributed by atoms with Gasteiger partial charge in [0.05, 0.1) is 0 Å². The van der Waals surface area contributed by atoms with Gasteiger partial charge in [0.1, 0.15) is 5.44 Å². The molecule has 1 aliphatic heterocycles. The molecule has 1 atom stereocenters. The Morgan fingerprint density at radius 1 is 0.955 bits per heavy atom. The van der Waals surface area contributed by atoms with Gasteiger partial charge in [0.25, 0.3) is 0 Å². The SMILES string of the molecule is O=S(=O)(OC1CC=CS1)C(F)(F)C(F)(F)C(F)(F)C(F)(F)F. The van der Waals surface area contributed by atoms with Gasteiger partial charge in [-0.3, -0.25) is 4.18 Å². The van der Waals surface area contributed by atoms with Crippen molar-refractivity contribution >= 4 is 21.9 Å². The van der Waals surface area contributed by atoms with E-state index in [0.717, 1.165) is 5.41 Å². The minimum absolute atomic E-state index is 0.346. The van der Waals surface area contributed by atoms with Crippen LogP contribution in [0.15, 0.2) is 11.5 Å². The van der Waals surface area contributed by atoms with Gasteiger partial charge in [-0.1, -0.05) is 6.08 Å². The number of hydrogen-bond acceptors (Lipinski definition) is 4. The van der Waals surface area contributed by atoms with Gasteiger partial charge in [-0.25, -0.2) is 0 Å². The molecule has 0 saturated carbocycles. The maximum Gasteiger partial charge on any atom is 0.460 e. The minimum atomic E-state index is -7.29. The third-order valence-corrected chi connectivity index (χ3v) is 4.75. The van der Waals surface area contributed by atoms with Crippen LogP contribution < -0.4 is 0 Å². The molecule has 0 amide bonds. The number of hydrogen-bond donors (Lipinski definition) is 0. The fraction of sp³-hybridized carbons (Fsp3) is 0.750. The molecule has 0 aromatic rings. The molecule has 0 aromatic carbocycles. The minimum Gasteiger partial charge on any atom is -0.250 e. The predicted octanol–water partition coefficient (Wildman–Crippen LogP) is 3.74. The summed E-state index contributed by atoms with van der Waals surface area (Å²) >= 11 is 0.439. The first-order valence-corrected chi connectivity index (χ1v) is 7.36. The molecule has 3 nitrogen and oxygen atoms in total. The molecule has 1 rings (SSSR count). The summed E-state index contributed by atoms with van der Waals surface area (Å²) in [7, 11) is -6.77. The molecule has 0 aliphatic carbocycles. The summed E-state index contributed by atoms with van der Waals surface area (Å²) < 4.78 is 139. The van der Waals surface area contributed by atoms with Crippen molar-refractivity contribution in [3.05, 3.63) is 11.5 Å². The van der Waals surface area contributed by atoms with Crippen molar-refractivity contribution in [2.75, 3.05) is 0 Å². The molecular weight excluding hydrogens is 379 g/mol. The summed E-state index contributed by atoms with van der Waals surface area (Å²) in [6, 6.07) is 0. The van der Waals surface area contributed by atoms with Crippen LogP contribution in [-0.4, -0.2) is 37.1 Å². The van der Waals surface area contributed by atoms with E-state index < -0.39 is 38.8 Å². The first-order chi connectivity index (χ1) is 9.58. The number of rotatable bonds is 5. The Morgan fingerprint density at radius 2 is 1.45 bits per heavy atom. The predicted molar refractivity (Wildman–Crippen MR) is 56.0 cm³/mol. The second kappa shape index (κ2) is 5.47. The van der Waals surface area contributed by atoms with Crippen molar-refractivity contribution in [3.8, 4) is 0 Å². The maximum absolute atomic E-state index is 13.2. The van der Waals surface area contributed by atoms with E-state index in [1.165, 1.54) is 6.08 Å². The molecule has 14 heteroatoms. The fourth-order valence-corrected chi connectivity index (χ4v) is 3.18. The van der Waals surface area contributed by atoms with Gasteiger partial charge in [0.15, 0.2) is 0 Å². The monoisotopic (exact) mass is 384 g/mol. The Hall–Kier alpha value is -0.630. The highest BCUT2D eigenvalue weighted by atomic mass is 32.2. The topological polar surface area (TPSA) is 43.4 Å². The smallest absolute Gasteiger partial charge is 0.250 e. The Bertz CT molecular complexity index is 544. The van der Waals surface area contributed by atoms with E-state index in [0.29, 0.717) is 11.8 Å². The van der Waals surface area contributed by atoms with E-state index in [-0.39, 0.29) is 6.42 Å². The summed E-state index contributed by atoms with van der Waals surface area (Å²) in [5.74, 6) is -14.6. The second-order valence-electron chi connectivity index (χ2n) is 3.89. The van der Waals surface area contributed by atoms with Crippen molar-refractivity contribution in [2.45, 2.75) is 35.1 Å². The molecule has 1 unspecified atom stereocenters. The molecule has 0 saturated heterocycles. The lowest BCUT2D eigenvalue weighted by atomic mass is 10.1. The highest BCUT2D eigenvalue weighted by Crippen LogP contribution is 2.55. The molecule has 0 radical (unpaired) electrons. The van der Waals surface area contributed by atoms with Crippen LogP contribution in [-0.2, 0) is 14.3 Å². The van der Waals surface area contributed by atoms with Gasteiger partial charge in [-0.05, 0) is 5.41 Å². The molecular formula is C8H5F9O3S2.